The Hall–Kier alpha value is -6.68. The van der Waals surface area contributed by atoms with Crippen LogP contribution in [0, 0.1) is 22.7 Å². The Morgan fingerprint density at radius 1 is 0.592 bits per heavy atom. The van der Waals surface area contributed by atoms with Gasteiger partial charge >= 0.3 is 0 Å². The van der Waals surface area contributed by atoms with Crippen LogP contribution in [0.2, 0.25) is 0 Å². The van der Waals surface area contributed by atoms with Crippen LogP contribution in [-0.4, -0.2) is 0 Å². The molecule has 0 aromatic heterocycles. The summed E-state index contributed by atoms with van der Waals surface area (Å²) in [6.45, 7) is 0. The molecule has 1 heterocycles. The third-order valence-electron chi connectivity index (χ3n) is 10.0. The van der Waals surface area contributed by atoms with E-state index in [1.54, 1.807) is 0 Å². The van der Waals surface area contributed by atoms with Crippen molar-refractivity contribution in [3.05, 3.63) is 186 Å². The van der Waals surface area contributed by atoms with Gasteiger partial charge in [0.25, 0.3) is 0 Å². The molecule has 228 valence electrons. The van der Waals surface area contributed by atoms with Crippen LogP contribution in [-0.2, 0) is 0 Å². The summed E-state index contributed by atoms with van der Waals surface area (Å²) in [7, 11) is 0. The third kappa shape index (κ3) is 4.56. The highest BCUT2D eigenvalue weighted by molar-refractivity contribution is 6.18. The first-order valence-corrected chi connectivity index (χ1v) is 16.6. The largest absolute Gasteiger partial charge is 0.313 e. The molecule has 0 radical (unpaired) electrons. The first kappa shape index (κ1) is 28.5. The molecule has 0 saturated carbocycles. The Balaban J connectivity index is 1.31. The van der Waals surface area contributed by atoms with Gasteiger partial charge in [-0.2, -0.15) is 10.5 Å². The maximum Gasteiger partial charge on any atom is 0.0998 e. The molecule has 3 heteroatoms. The average molecular weight is 624 g/mol. The second-order valence-corrected chi connectivity index (χ2v) is 12.7. The first-order chi connectivity index (χ1) is 24.2. The van der Waals surface area contributed by atoms with E-state index in [0.29, 0.717) is 11.1 Å². The molecule has 1 aliphatic carbocycles. The molecule has 0 spiro atoms. The van der Waals surface area contributed by atoms with Gasteiger partial charge in [0.15, 0.2) is 0 Å². The molecule has 0 bridgehead atoms. The first-order valence-electron chi connectivity index (χ1n) is 16.6. The zero-order chi connectivity index (χ0) is 32.9. The smallest absolute Gasteiger partial charge is 0.0998 e. The summed E-state index contributed by atoms with van der Waals surface area (Å²) < 4.78 is 0. The summed E-state index contributed by atoms with van der Waals surface area (Å²) in [5.41, 5.74) is 12.6. The van der Waals surface area contributed by atoms with E-state index >= 15 is 0 Å². The molecule has 9 rings (SSSR count). The number of fused-ring (bicyclic) bond motifs is 6. The molecular formula is C46H29N3. The monoisotopic (exact) mass is 623 g/mol. The van der Waals surface area contributed by atoms with Crippen molar-refractivity contribution in [2.24, 2.45) is 0 Å². The minimum Gasteiger partial charge on any atom is -0.313 e. The maximum atomic E-state index is 9.81. The van der Waals surface area contributed by atoms with Crippen LogP contribution >= 0.6 is 0 Å². The van der Waals surface area contributed by atoms with Gasteiger partial charge in [-0.1, -0.05) is 121 Å². The average Bonchev–Trinajstić information content (AvgIpc) is 3.52. The highest BCUT2D eigenvalue weighted by Gasteiger charge is 2.37. The van der Waals surface area contributed by atoms with Gasteiger partial charge in [0.1, 0.15) is 0 Å². The van der Waals surface area contributed by atoms with E-state index in [4.69, 9.17) is 0 Å². The quantitative estimate of drug-likeness (QED) is 0.183. The molecule has 1 atom stereocenters. The molecule has 0 saturated heterocycles. The Bertz CT molecular complexity index is 2610. The number of benzene rings is 7. The SMILES string of the molecule is N#Cc1cccc(N2C3=C(c4cccc5c4c(-c4ccc(-c6ccccc6C#N)cc4)cc4ccccc45)C=CCC3c3ccccc32)c1. The van der Waals surface area contributed by atoms with Gasteiger partial charge in [0, 0.05) is 28.6 Å². The predicted octanol–water partition coefficient (Wildman–Crippen LogP) is 11.7. The molecule has 0 fully saturated rings. The molecule has 2 aliphatic rings. The summed E-state index contributed by atoms with van der Waals surface area (Å²) in [6, 6.07) is 55.4. The van der Waals surface area contributed by atoms with Gasteiger partial charge in [0.2, 0.25) is 0 Å². The van der Waals surface area contributed by atoms with Gasteiger partial charge in [-0.15, -0.1) is 0 Å². The van der Waals surface area contributed by atoms with Gasteiger partial charge in [-0.25, -0.2) is 0 Å². The van der Waals surface area contributed by atoms with Gasteiger partial charge < -0.3 is 4.90 Å². The van der Waals surface area contributed by atoms with Gasteiger partial charge in [-0.3, -0.25) is 0 Å². The number of nitrogens with zero attached hydrogens (tertiary/aromatic N) is 3. The van der Waals surface area contributed by atoms with Crippen molar-refractivity contribution in [1.29, 1.82) is 10.5 Å². The molecule has 1 aliphatic heterocycles. The fourth-order valence-corrected chi connectivity index (χ4v) is 7.87. The molecule has 7 aromatic rings. The van der Waals surface area contributed by atoms with Crippen LogP contribution in [0.4, 0.5) is 11.4 Å². The predicted molar refractivity (Wildman–Crippen MR) is 200 cm³/mol. The number of rotatable bonds is 4. The van der Waals surface area contributed by atoms with E-state index in [2.05, 4.69) is 132 Å². The molecule has 1 unspecified atom stereocenters. The second-order valence-electron chi connectivity index (χ2n) is 12.7. The standard InChI is InChI=1S/C46H29N3/c47-28-30-10-7-13-35(26-30)49-44-21-6-5-16-38(44)41-19-9-20-42(46(41)49)40-18-8-17-39-37-15-4-1-11-33(37)27-43(45(39)40)32-24-22-31(23-25-32)36-14-3-2-12-34(36)29-48/h1-18,20-27,41H,19H2. The van der Waals surface area contributed by atoms with Gasteiger partial charge in [-0.05, 0) is 97.7 Å². The van der Waals surface area contributed by atoms with Crippen molar-refractivity contribution in [1.82, 2.24) is 0 Å². The van der Waals surface area contributed by atoms with E-state index in [9.17, 15) is 10.5 Å². The van der Waals surface area contributed by atoms with Crippen molar-refractivity contribution >= 4 is 38.5 Å². The lowest BCUT2D eigenvalue weighted by Crippen LogP contribution is -2.17. The third-order valence-corrected chi connectivity index (χ3v) is 10.0. The number of hydrogen-bond acceptors (Lipinski definition) is 3. The second kappa shape index (κ2) is 11.5. The Morgan fingerprint density at radius 2 is 1.31 bits per heavy atom. The van der Waals surface area contributed by atoms with Crippen LogP contribution in [0.3, 0.4) is 0 Å². The van der Waals surface area contributed by atoms with Crippen LogP contribution in [0.5, 0.6) is 0 Å². The van der Waals surface area contributed by atoms with Crippen LogP contribution in [0.25, 0.3) is 49.4 Å². The van der Waals surface area contributed by atoms with Crippen molar-refractivity contribution in [2.75, 3.05) is 4.90 Å². The van der Waals surface area contributed by atoms with Crippen molar-refractivity contribution < 1.29 is 0 Å². The van der Waals surface area contributed by atoms with Crippen molar-refractivity contribution in [3.63, 3.8) is 0 Å². The highest BCUT2D eigenvalue weighted by Crippen LogP contribution is 2.54. The molecule has 0 amide bonds. The van der Waals surface area contributed by atoms with E-state index < -0.39 is 0 Å². The molecule has 7 aromatic carbocycles. The summed E-state index contributed by atoms with van der Waals surface area (Å²) in [5.74, 6) is 0.195. The number of nitriles is 2. The molecular weight excluding hydrogens is 595 g/mol. The van der Waals surface area contributed by atoms with E-state index in [0.717, 1.165) is 34.5 Å². The van der Waals surface area contributed by atoms with Crippen molar-refractivity contribution in [3.8, 4) is 34.4 Å². The number of para-hydroxylation sites is 1. The Morgan fingerprint density at radius 3 is 2.16 bits per heavy atom. The lowest BCUT2D eigenvalue weighted by Gasteiger charge is -2.29. The van der Waals surface area contributed by atoms with E-state index in [1.807, 2.05) is 42.5 Å². The zero-order valence-corrected chi connectivity index (χ0v) is 26.6. The maximum absolute atomic E-state index is 9.81. The normalized spacial score (nSPS) is 14.8. The summed E-state index contributed by atoms with van der Waals surface area (Å²) in [5, 5.41) is 24.4. The summed E-state index contributed by atoms with van der Waals surface area (Å²) >= 11 is 0. The lowest BCUT2D eigenvalue weighted by atomic mass is 9.82. The number of hydrogen-bond donors (Lipinski definition) is 0. The fourth-order valence-electron chi connectivity index (χ4n) is 7.87. The van der Waals surface area contributed by atoms with E-state index in [-0.39, 0.29) is 5.92 Å². The Labute approximate surface area is 285 Å². The summed E-state index contributed by atoms with van der Waals surface area (Å²) in [6.07, 6.45) is 5.53. The zero-order valence-electron chi connectivity index (χ0n) is 26.6. The minimum absolute atomic E-state index is 0.195. The van der Waals surface area contributed by atoms with Gasteiger partial charge in [0.05, 0.1) is 23.3 Å². The minimum atomic E-state index is 0.195. The Kier molecular flexibility index (Phi) is 6.72. The van der Waals surface area contributed by atoms with Crippen LogP contribution in [0.15, 0.2) is 163 Å². The molecule has 49 heavy (non-hydrogen) atoms. The molecule has 3 nitrogen and oxygen atoms in total. The lowest BCUT2D eigenvalue weighted by molar-refractivity contribution is 0.824. The van der Waals surface area contributed by atoms with Crippen LogP contribution < -0.4 is 4.90 Å². The van der Waals surface area contributed by atoms with E-state index in [1.165, 1.54) is 49.5 Å². The van der Waals surface area contributed by atoms with Crippen molar-refractivity contribution in [2.45, 2.75) is 12.3 Å². The number of anilines is 2. The molecule has 0 N–H and O–H groups in total. The topological polar surface area (TPSA) is 50.8 Å². The summed E-state index contributed by atoms with van der Waals surface area (Å²) in [4.78, 5) is 2.38. The number of allylic oxidation sites excluding steroid dienone is 4. The van der Waals surface area contributed by atoms with Crippen LogP contribution in [0.1, 0.15) is 34.6 Å². The highest BCUT2D eigenvalue weighted by atomic mass is 15.2. The fraction of sp³-hybridized carbons (Fsp3) is 0.0435.